The Kier molecular flexibility index (Phi) is 6.89. The van der Waals surface area contributed by atoms with Crippen LogP contribution in [0.3, 0.4) is 0 Å². The maximum atomic E-state index is 11.6. The Hall–Kier alpha value is -2.06. The van der Waals surface area contributed by atoms with Crippen molar-refractivity contribution in [1.82, 2.24) is 0 Å². The van der Waals surface area contributed by atoms with Crippen molar-refractivity contribution in [3.8, 4) is 5.75 Å². The first-order chi connectivity index (χ1) is 12.6. The Morgan fingerprint density at radius 3 is 1.96 bits per heavy atom. The predicted octanol–water partition coefficient (Wildman–Crippen LogP) is 2.54. The predicted molar refractivity (Wildman–Crippen MR) is 108 cm³/mol. The average molecular weight is 412 g/mol. The van der Waals surface area contributed by atoms with Gasteiger partial charge in [0.1, 0.15) is 15.6 Å². The number of sulfone groups is 2. The van der Waals surface area contributed by atoms with Crippen LogP contribution in [0.2, 0.25) is 0 Å². The number of hydrogen-bond donors (Lipinski definition) is 0. The van der Waals surface area contributed by atoms with E-state index in [1.54, 1.807) is 12.1 Å². The van der Waals surface area contributed by atoms with E-state index in [-0.39, 0.29) is 10.6 Å². The van der Waals surface area contributed by atoms with Gasteiger partial charge in [0, 0.05) is 31.3 Å². The highest BCUT2D eigenvalue weighted by Gasteiger charge is 2.13. The Bertz CT molecular complexity index is 950. The van der Waals surface area contributed by atoms with Crippen LogP contribution in [0.15, 0.2) is 53.4 Å². The number of benzene rings is 2. The van der Waals surface area contributed by atoms with Crippen LogP contribution in [-0.4, -0.2) is 48.3 Å². The molecule has 0 N–H and O–H groups in total. The van der Waals surface area contributed by atoms with Gasteiger partial charge in [-0.3, -0.25) is 0 Å². The van der Waals surface area contributed by atoms with Gasteiger partial charge in [-0.15, -0.1) is 0 Å². The van der Waals surface area contributed by atoms with E-state index in [9.17, 15) is 16.8 Å². The number of hydrogen-bond acceptors (Lipinski definition) is 6. The second-order valence-electron chi connectivity index (χ2n) is 6.39. The van der Waals surface area contributed by atoms with Gasteiger partial charge < -0.3 is 9.64 Å². The van der Waals surface area contributed by atoms with Gasteiger partial charge in [0.05, 0.1) is 17.3 Å². The van der Waals surface area contributed by atoms with E-state index in [4.69, 9.17) is 4.74 Å². The van der Waals surface area contributed by atoms with Crippen LogP contribution in [0, 0.1) is 0 Å². The third-order valence-corrected chi connectivity index (χ3v) is 6.02. The van der Waals surface area contributed by atoms with E-state index < -0.39 is 19.7 Å². The summed E-state index contributed by atoms with van der Waals surface area (Å²) in [5, 5.41) is 0. The highest BCUT2D eigenvalue weighted by atomic mass is 32.2. The molecule has 148 valence electrons. The van der Waals surface area contributed by atoms with Gasteiger partial charge in [-0.1, -0.05) is 12.1 Å². The maximum absolute atomic E-state index is 11.6. The molecule has 2 aromatic rings. The van der Waals surface area contributed by atoms with Crippen LogP contribution in [0.5, 0.6) is 5.75 Å². The molecule has 0 saturated carbocycles. The highest BCUT2D eigenvalue weighted by Crippen LogP contribution is 2.21. The van der Waals surface area contributed by atoms with Crippen molar-refractivity contribution in [2.75, 3.05) is 36.3 Å². The molecule has 0 aromatic heterocycles. The van der Waals surface area contributed by atoms with Crippen molar-refractivity contribution in [1.29, 1.82) is 0 Å². The van der Waals surface area contributed by atoms with E-state index in [0.29, 0.717) is 19.7 Å². The summed E-state index contributed by atoms with van der Waals surface area (Å²) in [5.41, 5.74) is 1.76. The summed E-state index contributed by atoms with van der Waals surface area (Å²) in [6.45, 7) is 3.32. The number of rotatable bonds is 9. The molecule has 0 heterocycles. The minimum atomic E-state index is -3.28. The average Bonchev–Trinajstić information content (AvgIpc) is 2.59. The molecule has 0 saturated heterocycles. The Morgan fingerprint density at radius 1 is 0.889 bits per heavy atom. The topological polar surface area (TPSA) is 80.8 Å². The summed E-state index contributed by atoms with van der Waals surface area (Å²) >= 11 is 0. The maximum Gasteiger partial charge on any atom is 0.175 e. The molecule has 2 aromatic carbocycles. The summed E-state index contributed by atoms with van der Waals surface area (Å²) < 4.78 is 51.9. The van der Waals surface area contributed by atoms with E-state index in [1.165, 1.54) is 18.4 Å². The molecule has 0 bridgehead atoms. The standard InChI is InChI=1S/C19H25NO5S2/c1-4-25-18-9-5-16(6-10-18)15-20(13-14-26(2,21)22)17-7-11-19(12-8-17)27(3,23)24/h5-12H,4,13-15H2,1-3H3. The molecule has 6 nitrogen and oxygen atoms in total. The summed E-state index contributed by atoms with van der Waals surface area (Å²) in [7, 11) is -6.40. The number of anilines is 1. The van der Waals surface area contributed by atoms with Gasteiger partial charge in [-0.2, -0.15) is 0 Å². The SMILES string of the molecule is CCOc1ccc(CN(CCS(C)(=O)=O)c2ccc(S(C)(=O)=O)cc2)cc1. The molecule has 0 amide bonds. The van der Waals surface area contributed by atoms with Gasteiger partial charge in [-0.05, 0) is 48.9 Å². The van der Waals surface area contributed by atoms with Gasteiger partial charge in [0.2, 0.25) is 0 Å². The van der Waals surface area contributed by atoms with Crippen LogP contribution >= 0.6 is 0 Å². The fraction of sp³-hybridized carbons (Fsp3) is 0.368. The van der Waals surface area contributed by atoms with E-state index >= 15 is 0 Å². The van der Waals surface area contributed by atoms with Gasteiger partial charge in [0.15, 0.2) is 9.84 Å². The minimum absolute atomic E-state index is 0.0118. The van der Waals surface area contributed by atoms with Crippen molar-refractivity contribution in [3.05, 3.63) is 54.1 Å². The summed E-state index contributed by atoms with van der Waals surface area (Å²) in [6.07, 6.45) is 2.36. The van der Waals surface area contributed by atoms with Gasteiger partial charge >= 0.3 is 0 Å². The Balaban J connectivity index is 2.25. The fourth-order valence-electron chi connectivity index (χ4n) is 2.56. The van der Waals surface area contributed by atoms with Crippen LogP contribution in [0.1, 0.15) is 12.5 Å². The zero-order valence-electron chi connectivity index (χ0n) is 15.8. The lowest BCUT2D eigenvalue weighted by Gasteiger charge is -2.25. The summed E-state index contributed by atoms with van der Waals surface area (Å²) in [5.74, 6) is 0.791. The fourth-order valence-corrected chi connectivity index (χ4v) is 3.74. The lowest BCUT2D eigenvalue weighted by molar-refractivity contribution is 0.340. The number of ether oxygens (including phenoxy) is 1. The zero-order valence-corrected chi connectivity index (χ0v) is 17.4. The smallest absolute Gasteiger partial charge is 0.175 e. The first-order valence-corrected chi connectivity index (χ1v) is 12.5. The third kappa shape index (κ3) is 6.88. The summed E-state index contributed by atoms with van der Waals surface area (Å²) in [6, 6.07) is 14.1. The van der Waals surface area contributed by atoms with Crippen molar-refractivity contribution in [2.24, 2.45) is 0 Å². The van der Waals surface area contributed by atoms with Crippen LogP contribution < -0.4 is 9.64 Å². The molecule has 0 aliphatic heterocycles. The molecule has 0 atom stereocenters. The third-order valence-electron chi connectivity index (χ3n) is 3.97. The zero-order chi connectivity index (χ0) is 20.1. The lowest BCUT2D eigenvalue weighted by Crippen LogP contribution is -2.28. The molecule has 2 rings (SSSR count). The molecular weight excluding hydrogens is 386 g/mol. The normalized spacial score (nSPS) is 12.0. The van der Waals surface area contributed by atoms with Crippen molar-refractivity contribution in [2.45, 2.75) is 18.4 Å². The van der Waals surface area contributed by atoms with E-state index in [1.807, 2.05) is 36.1 Å². The molecule has 0 aliphatic carbocycles. The minimum Gasteiger partial charge on any atom is -0.494 e. The first-order valence-electron chi connectivity index (χ1n) is 8.53. The molecule has 0 unspecified atom stereocenters. The van der Waals surface area contributed by atoms with E-state index in [0.717, 1.165) is 23.3 Å². The van der Waals surface area contributed by atoms with Crippen LogP contribution in [0.4, 0.5) is 5.69 Å². The number of nitrogens with zero attached hydrogens (tertiary/aromatic N) is 1. The molecule has 0 radical (unpaired) electrons. The molecule has 0 aliphatic rings. The van der Waals surface area contributed by atoms with Crippen molar-refractivity contribution in [3.63, 3.8) is 0 Å². The highest BCUT2D eigenvalue weighted by molar-refractivity contribution is 7.91. The second-order valence-corrected chi connectivity index (χ2v) is 10.7. The Morgan fingerprint density at radius 2 is 1.48 bits per heavy atom. The molecular formula is C19H25NO5S2. The molecule has 8 heteroatoms. The second kappa shape index (κ2) is 8.75. The van der Waals surface area contributed by atoms with Crippen molar-refractivity contribution < 1.29 is 21.6 Å². The molecule has 27 heavy (non-hydrogen) atoms. The monoisotopic (exact) mass is 411 g/mol. The molecule has 0 spiro atoms. The summed E-state index contributed by atoms with van der Waals surface area (Å²) in [4.78, 5) is 2.15. The van der Waals surface area contributed by atoms with Crippen LogP contribution in [0.25, 0.3) is 0 Å². The Labute approximate surface area is 161 Å². The van der Waals surface area contributed by atoms with Gasteiger partial charge in [0.25, 0.3) is 0 Å². The van der Waals surface area contributed by atoms with Crippen LogP contribution in [-0.2, 0) is 26.2 Å². The van der Waals surface area contributed by atoms with E-state index in [2.05, 4.69) is 0 Å². The van der Waals surface area contributed by atoms with Gasteiger partial charge in [-0.25, -0.2) is 16.8 Å². The first kappa shape index (κ1) is 21.2. The largest absolute Gasteiger partial charge is 0.494 e. The lowest BCUT2D eigenvalue weighted by atomic mass is 10.2. The van der Waals surface area contributed by atoms with Crippen molar-refractivity contribution >= 4 is 25.4 Å². The quantitative estimate of drug-likeness (QED) is 0.631. The molecule has 0 fully saturated rings.